The van der Waals surface area contributed by atoms with Crippen molar-refractivity contribution in [2.45, 2.75) is 38.4 Å². The third-order valence-corrected chi connectivity index (χ3v) is 3.91. The minimum atomic E-state index is 0.125. The Bertz CT molecular complexity index is 616. The van der Waals surface area contributed by atoms with Gasteiger partial charge in [-0.05, 0) is 18.6 Å². The van der Waals surface area contributed by atoms with Crippen molar-refractivity contribution in [1.82, 2.24) is 4.98 Å². The Hall–Kier alpha value is -1.58. The zero-order valence-electron chi connectivity index (χ0n) is 12.0. The Morgan fingerprint density at radius 2 is 2.14 bits per heavy atom. The van der Waals surface area contributed by atoms with Crippen LogP contribution in [0.3, 0.4) is 0 Å². The molecule has 1 aliphatic rings. The van der Waals surface area contributed by atoms with Crippen molar-refractivity contribution in [3.63, 3.8) is 0 Å². The topological polar surface area (TPSA) is 31.4 Å². The molecule has 1 atom stereocenters. The minimum Gasteiger partial charge on any atom is -0.455 e. The third kappa shape index (κ3) is 2.89. The van der Waals surface area contributed by atoms with Gasteiger partial charge in [0.15, 0.2) is 5.75 Å². The van der Waals surface area contributed by atoms with Gasteiger partial charge in [-0.25, -0.2) is 0 Å². The van der Waals surface area contributed by atoms with Gasteiger partial charge in [-0.15, -0.1) is 11.6 Å². The average Bonchev–Trinajstić information content (AvgIpc) is 2.93. The van der Waals surface area contributed by atoms with Crippen molar-refractivity contribution in [2.24, 2.45) is 0 Å². The van der Waals surface area contributed by atoms with Crippen molar-refractivity contribution in [3.8, 4) is 11.5 Å². The molecular weight excluding hydrogens is 286 g/mol. The first-order valence-corrected chi connectivity index (χ1v) is 7.78. The first kappa shape index (κ1) is 14.4. The summed E-state index contributed by atoms with van der Waals surface area (Å²) < 4.78 is 11.9. The monoisotopic (exact) mass is 303 g/mol. The fourth-order valence-corrected chi connectivity index (χ4v) is 2.80. The lowest BCUT2D eigenvalue weighted by atomic mass is 10.0. The number of pyridine rings is 1. The number of alkyl halides is 1. The van der Waals surface area contributed by atoms with E-state index in [1.54, 1.807) is 0 Å². The smallest absolute Gasteiger partial charge is 0.156 e. The normalized spacial score (nSPS) is 16.8. The third-order valence-electron chi connectivity index (χ3n) is 3.66. The van der Waals surface area contributed by atoms with Crippen molar-refractivity contribution in [2.75, 3.05) is 0 Å². The second-order valence-corrected chi connectivity index (χ2v) is 5.37. The molecule has 110 valence electrons. The molecule has 1 unspecified atom stereocenters. The van der Waals surface area contributed by atoms with Crippen molar-refractivity contribution >= 4 is 11.6 Å². The molecule has 0 bridgehead atoms. The molecule has 2 aromatic rings. The summed E-state index contributed by atoms with van der Waals surface area (Å²) >= 11 is 6.01. The highest BCUT2D eigenvalue weighted by atomic mass is 35.5. The maximum absolute atomic E-state index is 6.04. The van der Waals surface area contributed by atoms with Gasteiger partial charge in [0.05, 0.1) is 24.3 Å². The second-order valence-electron chi connectivity index (χ2n) is 5.10. The SMILES string of the molecule is CCCC1OCc2c1cnc(CCl)c2Oc1ccccc1. The van der Waals surface area contributed by atoms with E-state index in [2.05, 4.69) is 11.9 Å². The van der Waals surface area contributed by atoms with Crippen molar-refractivity contribution in [3.05, 3.63) is 53.3 Å². The molecule has 2 heterocycles. The molecule has 3 nitrogen and oxygen atoms in total. The largest absolute Gasteiger partial charge is 0.455 e. The molecule has 1 aromatic carbocycles. The van der Waals surface area contributed by atoms with E-state index in [0.717, 1.165) is 41.2 Å². The molecule has 1 aliphatic heterocycles. The van der Waals surface area contributed by atoms with Crippen molar-refractivity contribution < 1.29 is 9.47 Å². The van der Waals surface area contributed by atoms with E-state index in [0.29, 0.717) is 12.5 Å². The molecule has 0 spiro atoms. The number of rotatable bonds is 5. The van der Waals surface area contributed by atoms with Gasteiger partial charge in [0, 0.05) is 17.3 Å². The fourth-order valence-electron chi connectivity index (χ4n) is 2.61. The van der Waals surface area contributed by atoms with Gasteiger partial charge in [-0.2, -0.15) is 0 Å². The highest BCUT2D eigenvalue weighted by molar-refractivity contribution is 6.17. The molecule has 0 saturated carbocycles. The van der Waals surface area contributed by atoms with Gasteiger partial charge in [0.2, 0.25) is 0 Å². The highest BCUT2D eigenvalue weighted by Crippen LogP contribution is 2.41. The number of benzene rings is 1. The van der Waals surface area contributed by atoms with Gasteiger partial charge in [0.25, 0.3) is 0 Å². The summed E-state index contributed by atoms with van der Waals surface area (Å²) in [6, 6.07) is 9.71. The lowest BCUT2D eigenvalue weighted by Gasteiger charge is -2.14. The Morgan fingerprint density at radius 1 is 1.33 bits per heavy atom. The summed E-state index contributed by atoms with van der Waals surface area (Å²) in [7, 11) is 0. The van der Waals surface area contributed by atoms with Gasteiger partial charge in [-0.1, -0.05) is 31.5 Å². The summed E-state index contributed by atoms with van der Waals surface area (Å²) in [5, 5.41) is 0. The fraction of sp³-hybridized carbons (Fsp3) is 0.353. The van der Waals surface area contributed by atoms with E-state index in [1.165, 1.54) is 0 Å². The van der Waals surface area contributed by atoms with Crippen LogP contribution in [0.15, 0.2) is 36.5 Å². The quantitative estimate of drug-likeness (QED) is 0.730. The van der Waals surface area contributed by atoms with Crippen LogP contribution in [0.1, 0.15) is 42.7 Å². The average molecular weight is 304 g/mol. The van der Waals surface area contributed by atoms with E-state index < -0.39 is 0 Å². The highest BCUT2D eigenvalue weighted by Gasteiger charge is 2.28. The van der Waals surface area contributed by atoms with Crippen molar-refractivity contribution in [1.29, 1.82) is 0 Å². The van der Waals surface area contributed by atoms with E-state index in [1.807, 2.05) is 36.5 Å². The maximum atomic E-state index is 6.04. The van der Waals surface area contributed by atoms with E-state index in [4.69, 9.17) is 21.1 Å². The Labute approximate surface area is 129 Å². The van der Waals surface area contributed by atoms with Crippen LogP contribution in [0.2, 0.25) is 0 Å². The molecule has 21 heavy (non-hydrogen) atoms. The summed E-state index contributed by atoms with van der Waals surface area (Å²) in [5.41, 5.74) is 2.99. The molecule has 4 heteroatoms. The van der Waals surface area contributed by atoms with Crippen LogP contribution < -0.4 is 4.74 Å². The number of halogens is 1. The van der Waals surface area contributed by atoms with Crippen LogP contribution in [0.5, 0.6) is 11.5 Å². The predicted octanol–water partition coefficient (Wildman–Crippen LogP) is 4.98. The summed E-state index contributed by atoms with van der Waals surface area (Å²) in [5.74, 6) is 1.87. The van der Waals surface area contributed by atoms with Crippen LogP contribution in [0, 0.1) is 0 Å². The molecule has 0 fully saturated rings. The van der Waals surface area contributed by atoms with E-state index >= 15 is 0 Å². The first-order chi connectivity index (χ1) is 10.3. The number of nitrogens with zero attached hydrogens (tertiary/aromatic N) is 1. The summed E-state index contributed by atoms with van der Waals surface area (Å²) in [6.45, 7) is 2.72. The van der Waals surface area contributed by atoms with Crippen LogP contribution in [0.4, 0.5) is 0 Å². The van der Waals surface area contributed by atoms with Crippen LogP contribution in [0.25, 0.3) is 0 Å². The first-order valence-electron chi connectivity index (χ1n) is 7.24. The van der Waals surface area contributed by atoms with E-state index in [-0.39, 0.29) is 6.10 Å². The van der Waals surface area contributed by atoms with Crippen LogP contribution in [-0.4, -0.2) is 4.98 Å². The number of para-hydroxylation sites is 1. The minimum absolute atomic E-state index is 0.125. The molecule has 0 saturated heterocycles. The van der Waals surface area contributed by atoms with Crippen LogP contribution >= 0.6 is 11.6 Å². The number of fused-ring (bicyclic) bond motifs is 1. The zero-order valence-corrected chi connectivity index (χ0v) is 12.8. The maximum Gasteiger partial charge on any atom is 0.156 e. The summed E-state index contributed by atoms with van der Waals surface area (Å²) in [6.07, 6.45) is 4.09. The molecule has 0 aliphatic carbocycles. The number of aromatic nitrogens is 1. The Morgan fingerprint density at radius 3 is 2.86 bits per heavy atom. The number of ether oxygens (including phenoxy) is 2. The van der Waals surface area contributed by atoms with E-state index in [9.17, 15) is 0 Å². The van der Waals surface area contributed by atoms with Gasteiger partial charge < -0.3 is 9.47 Å². The summed E-state index contributed by atoms with van der Waals surface area (Å²) in [4.78, 5) is 4.46. The van der Waals surface area contributed by atoms with Gasteiger partial charge in [0.1, 0.15) is 5.75 Å². The lowest BCUT2D eigenvalue weighted by Crippen LogP contribution is -2.00. The van der Waals surface area contributed by atoms with Gasteiger partial charge in [-0.3, -0.25) is 4.98 Å². The molecule has 0 N–H and O–H groups in total. The molecule has 0 radical (unpaired) electrons. The zero-order chi connectivity index (χ0) is 14.7. The Kier molecular flexibility index (Phi) is 4.42. The predicted molar refractivity (Wildman–Crippen MR) is 82.7 cm³/mol. The lowest BCUT2D eigenvalue weighted by molar-refractivity contribution is 0.0592. The van der Waals surface area contributed by atoms with Crippen LogP contribution in [-0.2, 0) is 17.2 Å². The Balaban J connectivity index is 1.98. The second kappa shape index (κ2) is 6.46. The van der Waals surface area contributed by atoms with Gasteiger partial charge >= 0.3 is 0 Å². The standard InChI is InChI=1S/C17H18ClNO2/c1-2-6-16-13-10-19-15(9-18)17(14(13)11-20-16)21-12-7-4-3-5-8-12/h3-5,7-8,10,16H,2,6,9,11H2,1H3. The molecular formula is C17H18ClNO2. The molecule has 1 aromatic heterocycles. The number of hydrogen-bond donors (Lipinski definition) is 0. The molecule has 0 amide bonds. The number of hydrogen-bond acceptors (Lipinski definition) is 3. The molecule has 3 rings (SSSR count).